The quantitative estimate of drug-likeness (QED) is 0.789. The van der Waals surface area contributed by atoms with Crippen LogP contribution in [0.2, 0.25) is 0 Å². The first-order valence-corrected chi connectivity index (χ1v) is 7.88. The van der Waals surface area contributed by atoms with Crippen LogP contribution < -0.4 is 5.32 Å². The first-order valence-electron chi connectivity index (χ1n) is 7.07. The summed E-state index contributed by atoms with van der Waals surface area (Å²) < 4.78 is 27.8. The zero-order valence-corrected chi connectivity index (χ0v) is 13.0. The van der Waals surface area contributed by atoms with E-state index in [1.807, 2.05) is 13.0 Å². The third-order valence-electron chi connectivity index (χ3n) is 3.21. The Bertz CT molecular complexity index is 601. The van der Waals surface area contributed by atoms with Crippen molar-refractivity contribution in [2.45, 2.75) is 36.1 Å². The number of hydrogen-bond acceptors (Lipinski definition) is 2. The van der Waals surface area contributed by atoms with E-state index in [1.165, 1.54) is 12.1 Å². The highest BCUT2D eigenvalue weighted by Crippen LogP contribution is 2.32. The molecule has 1 unspecified atom stereocenters. The molecule has 0 aliphatic rings. The zero-order valence-electron chi connectivity index (χ0n) is 12.2. The lowest BCUT2D eigenvalue weighted by atomic mass is 10.1. The molecule has 1 N–H and O–H groups in total. The van der Waals surface area contributed by atoms with Crippen LogP contribution in [-0.4, -0.2) is 6.54 Å². The van der Waals surface area contributed by atoms with E-state index in [4.69, 9.17) is 0 Å². The molecule has 0 fully saturated rings. The third kappa shape index (κ3) is 4.29. The minimum absolute atomic E-state index is 0.104. The summed E-state index contributed by atoms with van der Waals surface area (Å²) in [6.07, 6.45) is 1.04. The molecule has 0 aliphatic carbocycles. The van der Waals surface area contributed by atoms with Gasteiger partial charge in [-0.2, -0.15) is 0 Å². The fourth-order valence-electron chi connectivity index (χ4n) is 1.99. The summed E-state index contributed by atoms with van der Waals surface area (Å²) in [5.74, 6) is -0.644. The van der Waals surface area contributed by atoms with Crippen molar-refractivity contribution in [1.82, 2.24) is 5.32 Å². The van der Waals surface area contributed by atoms with Gasteiger partial charge >= 0.3 is 0 Å². The van der Waals surface area contributed by atoms with Crippen molar-refractivity contribution in [2.24, 2.45) is 0 Å². The highest BCUT2D eigenvalue weighted by atomic mass is 32.2. The molecule has 0 spiro atoms. The lowest BCUT2D eigenvalue weighted by Gasteiger charge is -2.14. The van der Waals surface area contributed by atoms with Crippen LogP contribution in [0, 0.1) is 11.6 Å². The van der Waals surface area contributed by atoms with Gasteiger partial charge in [-0.1, -0.05) is 36.9 Å². The van der Waals surface area contributed by atoms with Gasteiger partial charge in [-0.3, -0.25) is 0 Å². The Morgan fingerprint density at radius 1 is 1.05 bits per heavy atom. The van der Waals surface area contributed by atoms with Gasteiger partial charge in [0.25, 0.3) is 0 Å². The first kappa shape index (κ1) is 16.0. The Kier molecular flexibility index (Phi) is 5.76. The second kappa shape index (κ2) is 7.57. The molecule has 0 radical (unpaired) electrons. The van der Waals surface area contributed by atoms with Gasteiger partial charge in [0.15, 0.2) is 0 Å². The van der Waals surface area contributed by atoms with Gasteiger partial charge in [-0.25, -0.2) is 8.78 Å². The van der Waals surface area contributed by atoms with Crippen LogP contribution in [0.3, 0.4) is 0 Å². The summed E-state index contributed by atoms with van der Waals surface area (Å²) in [5.41, 5.74) is 0.902. The molecular formula is C17H19F2NS. The number of rotatable bonds is 6. The maximum absolute atomic E-state index is 14.2. The molecule has 2 aromatic carbocycles. The molecular weight excluding hydrogens is 288 g/mol. The minimum atomic E-state index is -0.330. The van der Waals surface area contributed by atoms with Gasteiger partial charge in [0, 0.05) is 15.8 Å². The van der Waals surface area contributed by atoms with Crippen LogP contribution in [0.25, 0.3) is 0 Å². The molecule has 2 aromatic rings. The van der Waals surface area contributed by atoms with E-state index in [1.54, 1.807) is 24.3 Å². The monoisotopic (exact) mass is 307 g/mol. The van der Waals surface area contributed by atoms with E-state index in [-0.39, 0.29) is 17.7 Å². The lowest BCUT2D eigenvalue weighted by molar-refractivity contribution is 0.556. The summed E-state index contributed by atoms with van der Waals surface area (Å²) in [5, 5.41) is 3.32. The summed E-state index contributed by atoms with van der Waals surface area (Å²) in [4.78, 5) is 0.868. The standard InChI is InChI=1S/C17H19F2NS/c1-3-10-20-12(2)13-8-9-17(15(19)11-13)21-16-7-5-4-6-14(16)18/h4-9,11-12,20H,3,10H2,1-2H3. The number of nitrogens with one attached hydrogen (secondary N) is 1. The van der Waals surface area contributed by atoms with Gasteiger partial charge in [0.05, 0.1) is 0 Å². The maximum Gasteiger partial charge on any atom is 0.137 e. The van der Waals surface area contributed by atoms with Crippen LogP contribution in [-0.2, 0) is 0 Å². The van der Waals surface area contributed by atoms with Crippen molar-refractivity contribution in [3.05, 3.63) is 59.7 Å². The summed E-state index contributed by atoms with van der Waals surface area (Å²) in [6.45, 7) is 5.00. The van der Waals surface area contributed by atoms with Crippen molar-refractivity contribution in [1.29, 1.82) is 0 Å². The van der Waals surface area contributed by atoms with Gasteiger partial charge < -0.3 is 5.32 Å². The zero-order chi connectivity index (χ0) is 15.2. The topological polar surface area (TPSA) is 12.0 Å². The molecule has 0 saturated carbocycles. The molecule has 2 rings (SSSR count). The Labute approximate surface area is 128 Å². The Hall–Kier alpha value is -1.39. The molecule has 0 amide bonds. The molecule has 0 aliphatic heterocycles. The van der Waals surface area contributed by atoms with E-state index >= 15 is 0 Å². The molecule has 1 nitrogen and oxygen atoms in total. The van der Waals surface area contributed by atoms with Crippen molar-refractivity contribution in [2.75, 3.05) is 6.54 Å². The van der Waals surface area contributed by atoms with Crippen molar-refractivity contribution < 1.29 is 8.78 Å². The van der Waals surface area contributed by atoms with E-state index in [0.717, 1.165) is 30.3 Å². The predicted octanol–water partition coefficient (Wildman–Crippen LogP) is 5.18. The van der Waals surface area contributed by atoms with Gasteiger partial charge in [-0.15, -0.1) is 0 Å². The molecule has 21 heavy (non-hydrogen) atoms. The smallest absolute Gasteiger partial charge is 0.137 e. The minimum Gasteiger partial charge on any atom is -0.310 e. The predicted molar refractivity (Wildman–Crippen MR) is 83.6 cm³/mol. The molecule has 0 aromatic heterocycles. The largest absolute Gasteiger partial charge is 0.310 e. The molecule has 0 saturated heterocycles. The molecule has 112 valence electrons. The molecule has 1 atom stereocenters. The highest BCUT2D eigenvalue weighted by molar-refractivity contribution is 7.99. The average molecular weight is 307 g/mol. The summed E-state index contributed by atoms with van der Waals surface area (Å²) in [7, 11) is 0. The fourth-order valence-corrected chi connectivity index (χ4v) is 2.84. The van der Waals surface area contributed by atoms with Crippen LogP contribution in [0.4, 0.5) is 8.78 Å². The van der Waals surface area contributed by atoms with Crippen LogP contribution in [0.1, 0.15) is 31.9 Å². The number of halogens is 2. The van der Waals surface area contributed by atoms with E-state index in [2.05, 4.69) is 12.2 Å². The van der Waals surface area contributed by atoms with Gasteiger partial charge in [0.1, 0.15) is 11.6 Å². The normalized spacial score (nSPS) is 12.4. The molecule has 4 heteroatoms. The van der Waals surface area contributed by atoms with E-state index < -0.39 is 0 Å². The number of benzene rings is 2. The van der Waals surface area contributed by atoms with Crippen molar-refractivity contribution >= 4 is 11.8 Å². The summed E-state index contributed by atoms with van der Waals surface area (Å²) >= 11 is 1.11. The maximum atomic E-state index is 14.2. The van der Waals surface area contributed by atoms with Crippen LogP contribution >= 0.6 is 11.8 Å². The second-order valence-electron chi connectivity index (χ2n) is 4.90. The van der Waals surface area contributed by atoms with Gasteiger partial charge in [0.2, 0.25) is 0 Å². The summed E-state index contributed by atoms with van der Waals surface area (Å²) in [6, 6.07) is 11.6. The SMILES string of the molecule is CCCNC(C)c1ccc(Sc2ccccc2F)c(F)c1. The third-order valence-corrected chi connectivity index (χ3v) is 4.32. The van der Waals surface area contributed by atoms with Crippen molar-refractivity contribution in [3.63, 3.8) is 0 Å². The van der Waals surface area contributed by atoms with E-state index in [0.29, 0.717) is 9.79 Å². The fraction of sp³-hybridized carbons (Fsp3) is 0.294. The van der Waals surface area contributed by atoms with Crippen LogP contribution in [0.5, 0.6) is 0 Å². The number of hydrogen-bond donors (Lipinski definition) is 1. The van der Waals surface area contributed by atoms with Crippen LogP contribution in [0.15, 0.2) is 52.3 Å². The first-order chi connectivity index (χ1) is 10.1. The average Bonchev–Trinajstić information content (AvgIpc) is 2.49. The molecule has 0 heterocycles. The molecule has 0 bridgehead atoms. The highest BCUT2D eigenvalue weighted by Gasteiger charge is 2.11. The van der Waals surface area contributed by atoms with E-state index in [9.17, 15) is 8.78 Å². The van der Waals surface area contributed by atoms with Crippen molar-refractivity contribution in [3.8, 4) is 0 Å². The Balaban J connectivity index is 2.14. The van der Waals surface area contributed by atoms with Gasteiger partial charge in [-0.05, 0) is 49.7 Å². The Morgan fingerprint density at radius 2 is 1.76 bits per heavy atom. The lowest BCUT2D eigenvalue weighted by Crippen LogP contribution is -2.19. The Morgan fingerprint density at radius 3 is 2.43 bits per heavy atom. The second-order valence-corrected chi connectivity index (χ2v) is 5.98.